The monoisotopic (exact) mass is 214 g/mol. The number of nitrogens with zero attached hydrogens (tertiary/aromatic N) is 1. The van der Waals surface area contributed by atoms with Crippen LogP contribution in [0.1, 0.15) is 5.69 Å². The molecule has 2 rings (SSSR count). The van der Waals surface area contributed by atoms with Crippen molar-refractivity contribution in [1.82, 2.24) is 10.3 Å². The fourth-order valence-electron chi connectivity index (χ4n) is 1.41. The van der Waals surface area contributed by atoms with E-state index in [0.717, 1.165) is 5.39 Å². The van der Waals surface area contributed by atoms with Gasteiger partial charge in [0.15, 0.2) is 0 Å². The number of fused-ring (bicyclic) bond motifs is 1. The summed E-state index contributed by atoms with van der Waals surface area (Å²) in [6.07, 6.45) is 3.72. The summed E-state index contributed by atoms with van der Waals surface area (Å²) in [5.41, 5.74) is 1.22. The maximum Gasteiger partial charge on any atom is 0.211 e. The first-order valence-electron chi connectivity index (χ1n) is 4.76. The van der Waals surface area contributed by atoms with Crippen molar-refractivity contribution in [3.8, 4) is 5.75 Å². The molecule has 0 atom stereocenters. The maximum absolute atomic E-state index is 10.0. The molecule has 0 spiro atoms. The van der Waals surface area contributed by atoms with Crippen LogP contribution in [0.15, 0.2) is 36.5 Å². The highest BCUT2D eigenvalue weighted by molar-refractivity contribution is 5.85. The van der Waals surface area contributed by atoms with E-state index in [2.05, 4.69) is 10.3 Å². The number of carbonyl (C=O) groups is 1. The number of phenolic OH excluding ortho intramolecular Hbond substituents is 1. The average molecular weight is 214 g/mol. The fraction of sp³-hybridized carbons (Fsp3) is 0. The third kappa shape index (κ3) is 2.00. The highest BCUT2D eigenvalue weighted by Crippen LogP contribution is 2.22. The van der Waals surface area contributed by atoms with Gasteiger partial charge in [-0.15, -0.1) is 0 Å². The summed E-state index contributed by atoms with van der Waals surface area (Å²) in [7, 11) is 0. The van der Waals surface area contributed by atoms with Gasteiger partial charge in [-0.05, 0) is 18.2 Å². The topological polar surface area (TPSA) is 62.2 Å². The molecule has 0 radical (unpaired) electrons. The predicted molar refractivity (Wildman–Crippen MR) is 61.6 cm³/mol. The van der Waals surface area contributed by atoms with Crippen molar-refractivity contribution < 1.29 is 9.90 Å². The van der Waals surface area contributed by atoms with E-state index in [0.29, 0.717) is 17.6 Å². The molecule has 2 aromatic rings. The van der Waals surface area contributed by atoms with Crippen LogP contribution in [-0.4, -0.2) is 16.5 Å². The standard InChI is InChI=1S/C12H10N2O2/c15-8-13-7-6-10-5-4-9-2-1-3-11(16)12(9)14-10/h1-8,16H,(H,13,15). The molecule has 0 unspecified atom stereocenters. The van der Waals surface area contributed by atoms with E-state index in [4.69, 9.17) is 0 Å². The summed E-state index contributed by atoms with van der Waals surface area (Å²) in [4.78, 5) is 14.3. The fourth-order valence-corrected chi connectivity index (χ4v) is 1.41. The molecule has 0 fully saturated rings. The molecule has 0 bridgehead atoms. The van der Waals surface area contributed by atoms with Gasteiger partial charge in [-0.2, -0.15) is 0 Å². The van der Waals surface area contributed by atoms with Crippen molar-refractivity contribution in [2.75, 3.05) is 0 Å². The highest BCUT2D eigenvalue weighted by atomic mass is 16.3. The normalized spacial score (nSPS) is 10.8. The Morgan fingerprint density at radius 3 is 2.94 bits per heavy atom. The van der Waals surface area contributed by atoms with Gasteiger partial charge in [0.25, 0.3) is 0 Å². The SMILES string of the molecule is O=CNC=Cc1ccc2cccc(O)c2n1. The van der Waals surface area contributed by atoms with Crippen molar-refractivity contribution in [3.63, 3.8) is 0 Å². The average Bonchev–Trinajstić information content (AvgIpc) is 2.30. The van der Waals surface area contributed by atoms with Gasteiger partial charge in [0.2, 0.25) is 6.41 Å². The van der Waals surface area contributed by atoms with E-state index >= 15 is 0 Å². The first kappa shape index (κ1) is 10.2. The Kier molecular flexibility index (Phi) is 2.82. The Morgan fingerprint density at radius 1 is 1.25 bits per heavy atom. The number of hydrogen-bond acceptors (Lipinski definition) is 3. The Balaban J connectivity index is 2.43. The number of nitrogens with one attached hydrogen (secondary N) is 1. The summed E-state index contributed by atoms with van der Waals surface area (Å²) in [6, 6.07) is 8.90. The zero-order valence-corrected chi connectivity index (χ0v) is 8.42. The largest absolute Gasteiger partial charge is 0.506 e. The molecule has 1 aromatic heterocycles. The maximum atomic E-state index is 10.0. The number of aromatic nitrogens is 1. The smallest absolute Gasteiger partial charge is 0.211 e. The number of rotatable bonds is 3. The number of aromatic hydroxyl groups is 1. The first-order chi connectivity index (χ1) is 7.81. The molecule has 1 aromatic carbocycles. The Labute approximate surface area is 92.2 Å². The lowest BCUT2D eigenvalue weighted by atomic mass is 10.2. The van der Waals surface area contributed by atoms with Crippen molar-refractivity contribution in [2.24, 2.45) is 0 Å². The molecular formula is C12H10N2O2. The molecule has 16 heavy (non-hydrogen) atoms. The third-order valence-corrected chi connectivity index (χ3v) is 2.14. The van der Waals surface area contributed by atoms with Gasteiger partial charge < -0.3 is 10.4 Å². The summed E-state index contributed by atoms with van der Waals surface area (Å²) < 4.78 is 0. The van der Waals surface area contributed by atoms with Crippen LogP contribution < -0.4 is 5.32 Å². The highest BCUT2D eigenvalue weighted by Gasteiger charge is 2.00. The van der Waals surface area contributed by atoms with Crippen LogP contribution in [0.2, 0.25) is 0 Å². The number of phenols is 1. The van der Waals surface area contributed by atoms with Crippen LogP contribution in [0.4, 0.5) is 0 Å². The molecular weight excluding hydrogens is 204 g/mol. The lowest BCUT2D eigenvalue weighted by molar-refractivity contribution is -0.108. The van der Waals surface area contributed by atoms with Crippen LogP contribution in [0, 0.1) is 0 Å². The summed E-state index contributed by atoms with van der Waals surface area (Å²) in [5, 5.41) is 12.9. The third-order valence-electron chi connectivity index (χ3n) is 2.14. The van der Waals surface area contributed by atoms with Gasteiger partial charge in [0, 0.05) is 11.6 Å². The summed E-state index contributed by atoms with van der Waals surface area (Å²) in [6.45, 7) is 0. The van der Waals surface area contributed by atoms with E-state index in [1.54, 1.807) is 18.2 Å². The van der Waals surface area contributed by atoms with Crippen LogP contribution in [0.25, 0.3) is 17.0 Å². The lowest BCUT2D eigenvalue weighted by Crippen LogP contribution is -1.98. The van der Waals surface area contributed by atoms with Crippen LogP contribution in [-0.2, 0) is 4.79 Å². The number of para-hydroxylation sites is 1. The lowest BCUT2D eigenvalue weighted by Gasteiger charge is -2.00. The van der Waals surface area contributed by atoms with E-state index in [-0.39, 0.29) is 5.75 Å². The second-order valence-corrected chi connectivity index (χ2v) is 3.20. The molecule has 4 heteroatoms. The zero-order valence-electron chi connectivity index (χ0n) is 8.42. The number of amides is 1. The molecule has 2 N–H and O–H groups in total. The van der Waals surface area contributed by atoms with Gasteiger partial charge in [-0.25, -0.2) is 4.98 Å². The van der Waals surface area contributed by atoms with Gasteiger partial charge in [-0.1, -0.05) is 18.2 Å². The van der Waals surface area contributed by atoms with E-state index < -0.39 is 0 Å². The predicted octanol–water partition coefficient (Wildman–Crippen LogP) is 1.66. The Bertz CT molecular complexity index is 550. The minimum atomic E-state index is 0.149. The molecule has 80 valence electrons. The van der Waals surface area contributed by atoms with Crippen LogP contribution in [0.3, 0.4) is 0 Å². The zero-order chi connectivity index (χ0) is 11.4. The van der Waals surface area contributed by atoms with Crippen LogP contribution in [0.5, 0.6) is 5.75 Å². The van der Waals surface area contributed by atoms with Crippen molar-refractivity contribution in [2.45, 2.75) is 0 Å². The van der Waals surface area contributed by atoms with E-state index in [1.165, 1.54) is 6.20 Å². The molecule has 1 heterocycles. The van der Waals surface area contributed by atoms with E-state index in [1.807, 2.05) is 18.2 Å². The number of hydrogen-bond donors (Lipinski definition) is 2. The van der Waals surface area contributed by atoms with Gasteiger partial charge >= 0.3 is 0 Å². The molecule has 0 aliphatic heterocycles. The molecule has 0 saturated heterocycles. The molecule has 1 amide bonds. The number of pyridine rings is 1. The quantitative estimate of drug-likeness (QED) is 0.764. The van der Waals surface area contributed by atoms with Gasteiger partial charge in [-0.3, -0.25) is 4.79 Å². The summed E-state index contributed by atoms with van der Waals surface area (Å²) >= 11 is 0. The Hall–Kier alpha value is -2.36. The second kappa shape index (κ2) is 4.44. The van der Waals surface area contributed by atoms with E-state index in [9.17, 15) is 9.90 Å². The van der Waals surface area contributed by atoms with Crippen molar-refractivity contribution in [3.05, 3.63) is 42.2 Å². The Morgan fingerprint density at radius 2 is 2.12 bits per heavy atom. The van der Waals surface area contributed by atoms with Gasteiger partial charge in [0.1, 0.15) is 11.3 Å². The molecule has 0 saturated carbocycles. The number of carbonyl (C=O) groups excluding carboxylic acids is 1. The van der Waals surface area contributed by atoms with Gasteiger partial charge in [0.05, 0.1) is 5.69 Å². The van der Waals surface area contributed by atoms with Crippen LogP contribution >= 0.6 is 0 Å². The molecule has 4 nitrogen and oxygen atoms in total. The summed E-state index contributed by atoms with van der Waals surface area (Å²) in [5.74, 6) is 0.149. The second-order valence-electron chi connectivity index (χ2n) is 3.20. The van der Waals surface area contributed by atoms with Crippen molar-refractivity contribution in [1.29, 1.82) is 0 Å². The molecule has 0 aliphatic rings. The minimum Gasteiger partial charge on any atom is -0.506 e. The first-order valence-corrected chi connectivity index (χ1v) is 4.76. The number of benzene rings is 1. The van der Waals surface area contributed by atoms with Crippen molar-refractivity contribution >= 4 is 23.4 Å². The molecule has 0 aliphatic carbocycles. The minimum absolute atomic E-state index is 0.149.